The third-order valence-corrected chi connectivity index (χ3v) is 8.93. The molecule has 0 bridgehead atoms. The molecule has 0 N–H and O–H groups in total. The van der Waals surface area contributed by atoms with Crippen molar-refractivity contribution in [3.63, 3.8) is 0 Å². The van der Waals surface area contributed by atoms with E-state index in [1.807, 2.05) is 0 Å². The quantitative estimate of drug-likeness (QED) is 0.759. The average molecular weight is 334 g/mol. The van der Waals surface area contributed by atoms with Gasteiger partial charge in [0.2, 0.25) is 0 Å². The van der Waals surface area contributed by atoms with Crippen LogP contribution >= 0.6 is 0 Å². The molecule has 0 amide bonds. The van der Waals surface area contributed by atoms with Crippen LogP contribution in [0.2, 0.25) is 14.8 Å². The molecule has 0 atom stereocenters. The second-order valence-corrected chi connectivity index (χ2v) is 20.4. The topological polar surface area (TPSA) is 12.9 Å². The molecule has 0 spiro atoms. The first-order valence-corrected chi connectivity index (χ1v) is 16.3. The van der Waals surface area contributed by atoms with Gasteiger partial charge in [-0.1, -0.05) is 0 Å². The molecule has 2 heteroatoms. The van der Waals surface area contributed by atoms with Crippen molar-refractivity contribution in [2.24, 2.45) is 0 Å². The van der Waals surface area contributed by atoms with Crippen LogP contribution in [0.15, 0.2) is 30.3 Å². The van der Waals surface area contributed by atoms with Gasteiger partial charge >= 0.3 is 108 Å². The molecule has 2 aromatic rings. The maximum absolute atomic E-state index is 4.78. The summed E-state index contributed by atoms with van der Waals surface area (Å²) in [4.78, 5) is 12.2. The van der Waals surface area contributed by atoms with Crippen LogP contribution < -0.4 is 3.58 Å². The number of hydrogen-bond acceptors (Lipinski definition) is 1. The molecule has 0 saturated carbocycles. The first-order valence-electron chi connectivity index (χ1n) is 6.30. The van der Waals surface area contributed by atoms with E-state index in [1.54, 1.807) is 3.58 Å². The van der Waals surface area contributed by atoms with Gasteiger partial charge in [-0.25, -0.2) is 0 Å². The molecular weight excluding hydrogens is 313 g/mol. The summed E-state index contributed by atoms with van der Waals surface area (Å²) in [5, 5.41) is 1.38. The van der Waals surface area contributed by atoms with Crippen LogP contribution in [0.1, 0.15) is 25.5 Å². The van der Waals surface area contributed by atoms with Crippen LogP contribution in [0.4, 0.5) is 0 Å². The van der Waals surface area contributed by atoms with Gasteiger partial charge in [0.25, 0.3) is 0 Å². The minimum absolute atomic E-state index is 0.506. The van der Waals surface area contributed by atoms with Crippen molar-refractivity contribution in [1.29, 1.82) is 0 Å². The molecule has 0 radical (unpaired) electrons. The van der Waals surface area contributed by atoms with E-state index in [9.17, 15) is 0 Å². The molecule has 1 aromatic heterocycles. The summed E-state index contributed by atoms with van der Waals surface area (Å²) in [5.41, 5.74) is 2.41. The van der Waals surface area contributed by atoms with E-state index in [-0.39, 0.29) is 0 Å². The molecule has 17 heavy (non-hydrogen) atoms. The van der Waals surface area contributed by atoms with Crippen molar-refractivity contribution in [3.8, 4) is 0 Å². The molecule has 0 aliphatic rings. The Hall–Kier alpha value is -0.571. The summed E-state index contributed by atoms with van der Waals surface area (Å²) >= 11 is -2.07. The number of rotatable bonds is 2. The Balaban J connectivity index is 2.79. The molecule has 0 fully saturated rings. The van der Waals surface area contributed by atoms with Crippen molar-refractivity contribution in [2.45, 2.75) is 34.6 Å². The molecule has 2 rings (SSSR count). The number of nitrogens with zero attached hydrogens (tertiary/aromatic N) is 1. The molecule has 1 heterocycles. The van der Waals surface area contributed by atoms with E-state index in [0.29, 0.717) is 5.92 Å². The Kier molecular flexibility index (Phi) is 3.48. The number of fused-ring (bicyclic) bond motifs is 1. The average Bonchev–Trinajstić information content (AvgIpc) is 2.26. The van der Waals surface area contributed by atoms with E-state index in [4.69, 9.17) is 4.98 Å². The monoisotopic (exact) mass is 335 g/mol. The van der Waals surface area contributed by atoms with Crippen molar-refractivity contribution >= 4 is 32.9 Å². The third-order valence-electron chi connectivity index (χ3n) is 3.14. The molecule has 0 aliphatic carbocycles. The van der Waals surface area contributed by atoms with Crippen molar-refractivity contribution in [3.05, 3.63) is 36.0 Å². The Labute approximate surface area is 108 Å². The number of aromatic nitrogens is 1. The molecule has 90 valence electrons. The predicted molar refractivity (Wildman–Crippen MR) is 78.8 cm³/mol. The third kappa shape index (κ3) is 2.65. The summed E-state index contributed by atoms with van der Waals surface area (Å²) in [6, 6.07) is 10.9. The van der Waals surface area contributed by atoms with Crippen LogP contribution in [-0.4, -0.2) is 23.4 Å². The van der Waals surface area contributed by atoms with Gasteiger partial charge in [-0.05, 0) is 0 Å². The second-order valence-electron chi connectivity index (χ2n) is 6.02. The fraction of sp³-hybridized carbons (Fsp3) is 0.400. The van der Waals surface area contributed by atoms with E-state index in [2.05, 4.69) is 59.0 Å². The van der Waals surface area contributed by atoms with Gasteiger partial charge in [0, 0.05) is 0 Å². The maximum atomic E-state index is 4.78. The number of pyridine rings is 1. The molecular formula is C15H21NSn. The van der Waals surface area contributed by atoms with Crippen LogP contribution in [0.3, 0.4) is 0 Å². The fourth-order valence-electron chi connectivity index (χ4n) is 2.11. The first-order chi connectivity index (χ1) is 7.89. The number of para-hydroxylation sites is 1. The van der Waals surface area contributed by atoms with Crippen LogP contribution in [0.25, 0.3) is 10.9 Å². The zero-order valence-corrected chi connectivity index (χ0v) is 14.3. The van der Waals surface area contributed by atoms with Crippen LogP contribution in [0.5, 0.6) is 0 Å². The second kappa shape index (κ2) is 4.60. The van der Waals surface area contributed by atoms with E-state index < -0.39 is 18.4 Å². The van der Waals surface area contributed by atoms with Gasteiger partial charge < -0.3 is 0 Å². The SMILES string of the molecule is CC(C)c1c[c]([Sn]([CH3])([CH3])[CH3])c2ccccc2n1. The fourth-order valence-corrected chi connectivity index (χ4v) is 6.68. The molecule has 1 nitrogen and oxygen atoms in total. The zero-order chi connectivity index (χ0) is 12.6. The van der Waals surface area contributed by atoms with Crippen LogP contribution in [0, 0.1) is 0 Å². The first kappa shape index (κ1) is 12.9. The Morgan fingerprint density at radius 3 is 2.29 bits per heavy atom. The van der Waals surface area contributed by atoms with Crippen LogP contribution in [-0.2, 0) is 0 Å². The van der Waals surface area contributed by atoms with Crippen molar-refractivity contribution in [1.82, 2.24) is 4.98 Å². The van der Waals surface area contributed by atoms with E-state index in [1.165, 1.54) is 16.6 Å². The summed E-state index contributed by atoms with van der Waals surface area (Å²) < 4.78 is 1.61. The van der Waals surface area contributed by atoms with Gasteiger partial charge in [0.05, 0.1) is 0 Å². The Morgan fingerprint density at radius 1 is 1.06 bits per heavy atom. The minimum atomic E-state index is -2.07. The molecule has 0 saturated heterocycles. The van der Waals surface area contributed by atoms with E-state index >= 15 is 0 Å². The summed E-state index contributed by atoms with van der Waals surface area (Å²) in [6.07, 6.45) is 0. The predicted octanol–water partition coefficient (Wildman–Crippen LogP) is 3.90. The summed E-state index contributed by atoms with van der Waals surface area (Å²) in [6.45, 7) is 4.44. The molecule has 0 aliphatic heterocycles. The summed E-state index contributed by atoms with van der Waals surface area (Å²) in [7, 11) is 0. The number of hydrogen-bond donors (Lipinski definition) is 0. The standard InChI is InChI=1S/C12H12N.3CH3.Sn/c1-9(2)11-8-7-10-5-3-4-6-12(10)13-11;;;;/h3-6,8-9H,1-2H3;3*1H3;. The van der Waals surface area contributed by atoms with Gasteiger partial charge in [-0.15, -0.1) is 0 Å². The normalized spacial score (nSPS) is 12.4. The van der Waals surface area contributed by atoms with Crippen molar-refractivity contribution in [2.75, 3.05) is 0 Å². The van der Waals surface area contributed by atoms with Gasteiger partial charge in [0.15, 0.2) is 0 Å². The Bertz CT molecular complexity index is 538. The van der Waals surface area contributed by atoms with Crippen molar-refractivity contribution < 1.29 is 0 Å². The van der Waals surface area contributed by atoms with Gasteiger partial charge in [-0.2, -0.15) is 0 Å². The number of benzene rings is 1. The van der Waals surface area contributed by atoms with Gasteiger partial charge in [0.1, 0.15) is 0 Å². The summed E-state index contributed by atoms with van der Waals surface area (Å²) in [5.74, 6) is 0.506. The van der Waals surface area contributed by atoms with E-state index in [0.717, 1.165) is 0 Å². The molecule has 0 unspecified atom stereocenters. The zero-order valence-electron chi connectivity index (χ0n) is 11.4. The molecule has 1 aromatic carbocycles. The van der Waals surface area contributed by atoms with Gasteiger partial charge in [-0.3, -0.25) is 0 Å². The Morgan fingerprint density at radius 2 is 1.71 bits per heavy atom.